The fraction of sp³-hybridized carbons (Fsp3) is 0.190. The van der Waals surface area contributed by atoms with Crippen molar-refractivity contribution in [3.63, 3.8) is 0 Å². The third-order valence-electron chi connectivity index (χ3n) is 4.73. The topological polar surface area (TPSA) is 87.7 Å². The van der Waals surface area contributed by atoms with E-state index in [0.717, 1.165) is 11.1 Å². The first kappa shape index (κ1) is 19.0. The Bertz CT molecular complexity index is 1030. The van der Waals surface area contributed by atoms with Crippen LogP contribution in [0.1, 0.15) is 18.1 Å². The Morgan fingerprint density at radius 1 is 1.28 bits per heavy atom. The van der Waals surface area contributed by atoms with Gasteiger partial charge in [0.25, 0.3) is 5.91 Å². The van der Waals surface area contributed by atoms with Crippen molar-refractivity contribution in [2.75, 3.05) is 23.3 Å². The van der Waals surface area contributed by atoms with E-state index in [2.05, 4.69) is 10.6 Å². The summed E-state index contributed by atoms with van der Waals surface area (Å²) < 4.78 is 5.28. The van der Waals surface area contributed by atoms with Crippen molar-refractivity contribution in [1.82, 2.24) is 5.32 Å². The number of cyclic esters (lactones) is 1. The number of carbonyl (C=O) groups is 3. The van der Waals surface area contributed by atoms with E-state index in [1.807, 2.05) is 18.2 Å². The fourth-order valence-corrected chi connectivity index (χ4v) is 3.50. The Labute approximate surface area is 172 Å². The number of halogens is 1. The zero-order valence-electron chi connectivity index (χ0n) is 15.6. The number of ether oxygens (including phenoxy) is 1. The first-order chi connectivity index (χ1) is 13.9. The number of amides is 3. The predicted octanol–water partition coefficient (Wildman–Crippen LogP) is 3.29. The lowest BCUT2D eigenvalue weighted by Gasteiger charge is -2.13. The van der Waals surface area contributed by atoms with E-state index in [1.54, 1.807) is 30.3 Å². The molecule has 29 heavy (non-hydrogen) atoms. The largest absolute Gasteiger partial charge is 0.442 e. The summed E-state index contributed by atoms with van der Waals surface area (Å²) >= 11 is 5.98. The van der Waals surface area contributed by atoms with E-state index < -0.39 is 12.2 Å². The molecule has 3 amide bonds. The molecular formula is C21H18ClN3O4. The third kappa shape index (κ3) is 3.95. The molecule has 7 nitrogen and oxygen atoms in total. The van der Waals surface area contributed by atoms with E-state index in [1.165, 1.54) is 11.8 Å². The quantitative estimate of drug-likeness (QED) is 0.756. The van der Waals surface area contributed by atoms with Crippen molar-refractivity contribution in [2.45, 2.75) is 13.0 Å². The summed E-state index contributed by atoms with van der Waals surface area (Å²) in [4.78, 5) is 36.9. The zero-order valence-corrected chi connectivity index (χ0v) is 16.3. The summed E-state index contributed by atoms with van der Waals surface area (Å²) in [5.41, 5.74) is 3.55. The smallest absolute Gasteiger partial charge is 0.414 e. The maximum absolute atomic E-state index is 12.3. The summed E-state index contributed by atoms with van der Waals surface area (Å²) in [5.74, 6) is -0.355. The van der Waals surface area contributed by atoms with Gasteiger partial charge in [-0.2, -0.15) is 0 Å². The standard InChI is InChI=1S/C21H18ClN3O4/c1-12(26)23-10-16-11-25(21(28)29-16)15-5-2-13(3-6-15)8-18-17-7-4-14(22)9-19(17)24-20(18)27/h2-9,16H,10-11H2,1H3,(H,23,26)(H,24,27)/b18-8+/t16-/m0/s1. The average molecular weight is 412 g/mol. The molecule has 0 spiro atoms. The highest BCUT2D eigenvalue weighted by atomic mass is 35.5. The molecule has 2 aliphatic rings. The van der Waals surface area contributed by atoms with Crippen LogP contribution in [0.25, 0.3) is 11.6 Å². The van der Waals surface area contributed by atoms with Gasteiger partial charge in [0.05, 0.1) is 18.8 Å². The van der Waals surface area contributed by atoms with E-state index in [0.29, 0.717) is 28.5 Å². The molecule has 0 radical (unpaired) electrons. The number of nitrogens with zero attached hydrogens (tertiary/aromatic N) is 1. The van der Waals surface area contributed by atoms with E-state index >= 15 is 0 Å². The molecule has 2 heterocycles. The molecular weight excluding hydrogens is 394 g/mol. The fourth-order valence-electron chi connectivity index (χ4n) is 3.32. The molecule has 0 unspecified atom stereocenters. The SMILES string of the molecule is CC(=O)NC[C@H]1CN(c2ccc(/C=C3/C(=O)Nc4cc(Cl)ccc43)cc2)C(=O)O1. The first-order valence-electron chi connectivity index (χ1n) is 9.06. The molecule has 1 fully saturated rings. The molecule has 0 aliphatic carbocycles. The molecule has 4 rings (SSSR count). The molecule has 1 saturated heterocycles. The van der Waals surface area contributed by atoms with Crippen molar-refractivity contribution in [1.29, 1.82) is 0 Å². The van der Waals surface area contributed by atoms with Crippen LogP contribution in [0.15, 0.2) is 42.5 Å². The van der Waals surface area contributed by atoms with Crippen LogP contribution >= 0.6 is 11.6 Å². The lowest BCUT2D eigenvalue weighted by molar-refractivity contribution is -0.119. The van der Waals surface area contributed by atoms with Gasteiger partial charge in [-0.15, -0.1) is 0 Å². The van der Waals surface area contributed by atoms with Crippen LogP contribution in [0.5, 0.6) is 0 Å². The molecule has 2 aromatic carbocycles. The van der Waals surface area contributed by atoms with Gasteiger partial charge in [-0.25, -0.2) is 4.79 Å². The maximum atomic E-state index is 12.3. The molecule has 0 saturated carbocycles. The van der Waals surface area contributed by atoms with Crippen molar-refractivity contribution in [2.24, 2.45) is 0 Å². The molecule has 2 N–H and O–H groups in total. The number of hydrogen-bond donors (Lipinski definition) is 2. The summed E-state index contributed by atoms with van der Waals surface area (Å²) in [6.07, 6.45) is 0.951. The van der Waals surface area contributed by atoms with Crippen LogP contribution in [-0.2, 0) is 14.3 Å². The van der Waals surface area contributed by atoms with Crippen LogP contribution in [0, 0.1) is 0 Å². The minimum Gasteiger partial charge on any atom is -0.442 e. The second-order valence-corrected chi connectivity index (χ2v) is 7.28. The first-order valence-corrected chi connectivity index (χ1v) is 9.44. The van der Waals surface area contributed by atoms with Gasteiger partial charge in [0.15, 0.2) is 0 Å². The molecule has 2 aliphatic heterocycles. The maximum Gasteiger partial charge on any atom is 0.414 e. The van der Waals surface area contributed by atoms with Crippen LogP contribution in [0.3, 0.4) is 0 Å². The van der Waals surface area contributed by atoms with Gasteiger partial charge in [0.1, 0.15) is 6.10 Å². The highest BCUT2D eigenvalue weighted by Crippen LogP contribution is 2.35. The Kier molecular flexibility index (Phi) is 4.98. The predicted molar refractivity (Wildman–Crippen MR) is 111 cm³/mol. The highest BCUT2D eigenvalue weighted by Gasteiger charge is 2.32. The number of fused-ring (bicyclic) bond motifs is 1. The summed E-state index contributed by atoms with van der Waals surface area (Å²) in [7, 11) is 0. The monoisotopic (exact) mass is 411 g/mol. The second-order valence-electron chi connectivity index (χ2n) is 6.85. The minimum absolute atomic E-state index is 0.170. The van der Waals surface area contributed by atoms with Gasteiger partial charge in [0, 0.05) is 28.8 Å². The molecule has 2 aromatic rings. The van der Waals surface area contributed by atoms with Crippen molar-refractivity contribution in [3.05, 3.63) is 58.6 Å². The van der Waals surface area contributed by atoms with Gasteiger partial charge >= 0.3 is 6.09 Å². The Balaban J connectivity index is 1.51. The number of benzene rings is 2. The Morgan fingerprint density at radius 3 is 2.76 bits per heavy atom. The minimum atomic E-state index is -0.451. The molecule has 1 atom stereocenters. The van der Waals surface area contributed by atoms with E-state index in [9.17, 15) is 14.4 Å². The van der Waals surface area contributed by atoms with E-state index in [-0.39, 0.29) is 18.4 Å². The summed E-state index contributed by atoms with van der Waals surface area (Å²) in [5, 5.41) is 6.01. The van der Waals surface area contributed by atoms with Gasteiger partial charge in [-0.05, 0) is 35.9 Å². The molecule has 148 valence electrons. The van der Waals surface area contributed by atoms with Crippen molar-refractivity contribution >= 4 is 52.5 Å². The number of carbonyl (C=O) groups excluding carboxylic acids is 3. The Morgan fingerprint density at radius 2 is 2.03 bits per heavy atom. The van der Waals surface area contributed by atoms with Gasteiger partial charge in [-0.3, -0.25) is 14.5 Å². The van der Waals surface area contributed by atoms with Crippen LogP contribution in [0.2, 0.25) is 5.02 Å². The van der Waals surface area contributed by atoms with E-state index in [4.69, 9.17) is 16.3 Å². The second kappa shape index (κ2) is 7.60. The van der Waals surface area contributed by atoms with Gasteiger partial charge in [0.2, 0.25) is 5.91 Å². The number of rotatable bonds is 4. The summed E-state index contributed by atoms with van der Waals surface area (Å²) in [6.45, 7) is 2.05. The van der Waals surface area contributed by atoms with Gasteiger partial charge in [-0.1, -0.05) is 29.8 Å². The molecule has 8 heteroatoms. The number of anilines is 2. The van der Waals surface area contributed by atoms with Crippen molar-refractivity contribution < 1.29 is 19.1 Å². The molecule has 0 bridgehead atoms. The summed E-state index contributed by atoms with van der Waals surface area (Å²) in [6, 6.07) is 12.5. The van der Waals surface area contributed by atoms with Crippen LogP contribution in [-0.4, -0.2) is 37.1 Å². The lowest BCUT2D eigenvalue weighted by Crippen LogP contribution is -2.33. The molecule has 0 aromatic heterocycles. The average Bonchev–Trinajstić information content (AvgIpc) is 3.20. The lowest BCUT2D eigenvalue weighted by atomic mass is 10.0. The highest BCUT2D eigenvalue weighted by molar-refractivity contribution is 6.36. The van der Waals surface area contributed by atoms with Crippen molar-refractivity contribution in [3.8, 4) is 0 Å². The zero-order chi connectivity index (χ0) is 20.5. The Hall–Kier alpha value is -3.32. The third-order valence-corrected chi connectivity index (χ3v) is 4.97. The number of hydrogen-bond acceptors (Lipinski definition) is 4. The normalized spacial score (nSPS) is 19.2. The number of nitrogens with one attached hydrogen (secondary N) is 2. The van der Waals surface area contributed by atoms with Crippen LogP contribution in [0.4, 0.5) is 16.2 Å². The van der Waals surface area contributed by atoms with Gasteiger partial charge < -0.3 is 15.4 Å². The van der Waals surface area contributed by atoms with Crippen LogP contribution < -0.4 is 15.5 Å².